The Morgan fingerprint density at radius 1 is 1.12 bits per heavy atom. The molecule has 0 bridgehead atoms. The van der Waals surface area contributed by atoms with E-state index < -0.39 is 0 Å². The molecule has 7 nitrogen and oxygen atoms in total. The largest absolute Gasteiger partial charge is 0.372 e. The van der Waals surface area contributed by atoms with E-state index in [4.69, 9.17) is 10.00 Å². The van der Waals surface area contributed by atoms with Crippen LogP contribution in [0.4, 0.5) is 0 Å². The fraction of sp³-hybridized carbons (Fsp3) is 0.560. The van der Waals surface area contributed by atoms with Crippen LogP contribution < -0.4 is 0 Å². The topological polar surface area (TPSA) is 78.6 Å². The lowest BCUT2D eigenvalue weighted by atomic mass is 9.94. The van der Waals surface area contributed by atoms with Crippen molar-refractivity contribution in [3.8, 4) is 6.07 Å². The lowest BCUT2D eigenvalue weighted by Gasteiger charge is -2.39. The second-order valence-electron chi connectivity index (χ2n) is 9.14. The number of ketones is 1. The minimum absolute atomic E-state index is 0.0340. The summed E-state index contributed by atoms with van der Waals surface area (Å²) in [6, 6.07) is 10.0. The summed E-state index contributed by atoms with van der Waals surface area (Å²) in [5.41, 5.74) is 1.71. The van der Waals surface area contributed by atoms with E-state index in [-0.39, 0.29) is 29.8 Å². The van der Waals surface area contributed by atoms with Crippen LogP contribution in [0.2, 0.25) is 0 Å². The van der Waals surface area contributed by atoms with Crippen LogP contribution in [-0.2, 0) is 16.1 Å². The van der Waals surface area contributed by atoms with Crippen molar-refractivity contribution in [1.29, 1.82) is 5.26 Å². The molecule has 0 aliphatic carbocycles. The molecule has 32 heavy (non-hydrogen) atoms. The van der Waals surface area contributed by atoms with E-state index in [0.29, 0.717) is 38.2 Å². The Morgan fingerprint density at radius 2 is 1.81 bits per heavy atom. The first-order valence-electron chi connectivity index (χ1n) is 11.6. The van der Waals surface area contributed by atoms with Crippen molar-refractivity contribution >= 4 is 22.6 Å². The number of carbonyl (C=O) groups excluding carboxylic acids is 2. The highest BCUT2D eigenvalue weighted by Gasteiger charge is 2.33. The number of benzene rings is 1. The number of likely N-dealkylation sites (tertiary alicyclic amines) is 1. The average molecular weight is 437 g/mol. The number of aromatic nitrogens is 1. The number of rotatable bonds is 6. The molecule has 170 valence electrons. The molecule has 2 saturated heterocycles. The van der Waals surface area contributed by atoms with Gasteiger partial charge in [-0.2, -0.15) is 5.26 Å². The Kier molecular flexibility index (Phi) is 6.92. The molecule has 4 rings (SSSR count). The zero-order chi connectivity index (χ0) is 22.7. The van der Waals surface area contributed by atoms with E-state index in [2.05, 4.69) is 11.0 Å². The van der Waals surface area contributed by atoms with Crippen molar-refractivity contribution in [2.45, 2.75) is 51.9 Å². The van der Waals surface area contributed by atoms with Crippen molar-refractivity contribution in [3.63, 3.8) is 0 Å². The van der Waals surface area contributed by atoms with Crippen LogP contribution in [0.1, 0.15) is 43.5 Å². The molecular weight excluding hydrogens is 404 g/mol. The number of para-hydroxylation sites is 1. The Bertz CT molecular complexity index is 1010. The summed E-state index contributed by atoms with van der Waals surface area (Å²) in [4.78, 5) is 30.3. The normalized spacial score (nSPS) is 22.7. The van der Waals surface area contributed by atoms with Gasteiger partial charge in [-0.05, 0) is 45.8 Å². The summed E-state index contributed by atoms with van der Waals surface area (Å²) in [6.45, 7) is 7.81. The van der Waals surface area contributed by atoms with Gasteiger partial charge in [-0.3, -0.25) is 14.5 Å². The zero-order valence-corrected chi connectivity index (χ0v) is 19.0. The average Bonchev–Trinajstić information content (AvgIpc) is 3.16. The molecule has 2 aliphatic heterocycles. The molecule has 0 saturated carbocycles. The maximum Gasteiger partial charge on any atom is 0.225 e. The van der Waals surface area contributed by atoms with Crippen molar-refractivity contribution in [2.24, 2.45) is 5.92 Å². The van der Waals surface area contributed by atoms with Crippen LogP contribution in [-0.4, -0.2) is 71.0 Å². The smallest absolute Gasteiger partial charge is 0.225 e. The predicted molar refractivity (Wildman–Crippen MR) is 122 cm³/mol. The van der Waals surface area contributed by atoms with Gasteiger partial charge in [0.15, 0.2) is 5.78 Å². The van der Waals surface area contributed by atoms with Crippen molar-refractivity contribution in [3.05, 3.63) is 36.0 Å². The number of hydrogen-bond donors (Lipinski definition) is 0. The number of morpholine rings is 1. The van der Waals surface area contributed by atoms with E-state index >= 15 is 0 Å². The first-order chi connectivity index (χ1) is 15.5. The highest BCUT2D eigenvalue weighted by atomic mass is 16.5. The molecule has 2 unspecified atom stereocenters. The highest BCUT2D eigenvalue weighted by molar-refractivity contribution is 6.09. The quantitative estimate of drug-likeness (QED) is 0.651. The maximum absolute atomic E-state index is 13.1. The molecule has 2 fully saturated rings. The molecule has 1 aromatic carbocycles. The first kappa shape index (κ1) is 22.5. The van der Waals surface area contributed by atoms with Gasteiger partial charge < -0.3 is 14.2 Å². The number of amides is 1. The summed E-state index contributed by atoms with van der Waals surface area (Å²) < 4.78 is 7.75. The lowest BCUT2D eigenvalue weighted by molar-refractivity contribution is -0.148. The number of ether oxygens (including phenoxy) is 1. The lowest BCUT2D eigenvalue weighted by Crippen LogP contribution is -2.51. The van der Waals surface area contributed by atoms with Gasteiger partial charge >= 0.3 is 0 Å². The number of Topliss-reactive ketones (excluding diaryl/α,β-unsaturated/α-hetero) is 1. The minimum Gasteiger partial charge on any atom is -0.372 e. The number of nitriles is 1. The predicted octanol–water partition coefficient (Wildman–Crippen LogP) is 3.09. The monoisotopic (exact) mass is 436 g/mol. The molecule has 2 aromatic rings. The molecule has 1 aromatic heterocycles. The van der Waals surface area contributed by atoms with Crippen LogP contribution in [0.15, 0.2) is 30.5 Å². The van der Waals surface area contributed by atoms with Gasteiger partial charge in [0.05, 0.1) is 31.2 Å². The molecule has 0 spiro atoms. The zero-order valence-electron chi connectivity index (χ0n) is 19.0. The van der Waals surface area contributed by atoms with Crippen LogP contribution in [0, 0.1) is 17.2 Å². The fourth-order valence-electron chi connectivity index (χ4n) is 5.07. The van der Waals surface area contributed by atoms with Gasteiger partial charge in [0.2, 0.25) is 5.91 Å². The molecular formula is C25H32N4O3. The number of hydrogen-bond acceptors (Lipinski definition) is 5. The van der Waals surface area contributed by atoms with E-state index in [1.165, 1.54) is 0 Å². The summed E-state index contributed by atoms with van der Waals surface area (Å²) in [6.07, 6.45) is 4.04. The third-order valence-corrected chi connectivity index (χ3v) is 6.59. The van der Waals surface area contributed by atoms with E-state index in [0.717, 1.165) is 36.8 Å². The van der Waals surface area contributed by atoms with Gasteiger partial charge in [-0.15, -0.1) is 0 Å². The molecule has 2 atom stereocenters. The Morgan fingerprint density at radius 3 is 2.50 bits per heavy atom. The Balaban J connectivity index is 1.36. The second kappa shape index (κ2) is 9.85. The molecule has 0 N–H and O–H groups in total. The first-order valence-corrected chi connectivity index (χ1v) is 11.6. The summed E-state index contributed by atoms with van der Waals surface area (Å²) in [5, 5.41) is 9.87. The maximum atomic E-state index is 13.1. The number of carbonyl (C=O) groups is 2. The standard InChI is InChI=1S/C25H32N4O3/c1-18-14-29(15-19(2)32-18)25(31)20-8-12-27(13-9-20)17-24(30)22-16-28(11-5-10-26)23-7-4-3-6-21(22)23/h3-4,6-7,16,18-20H,5,8-9,11-15,17H2,1-2H3. The van der Waals surface area contributed by atoms with Gasteiger partial charge in [0, 0.05) is 48.2 Å². The number of fused-ring (bicyclic) bond motifs is 1. The number of nitrogens with zero attached hydrogens (tertiary/aromatic N) is 4. The van der Waals surface area contributed by atoms with Gasteiger partial charge in [-0.1, -0.05) is 18.2 Å². The summed E-state index contributed by atoms with van der Waals surface area (Å²) in [5.74, 6) is 0.364. The SMILES string of the molecule is CC1CN(C(=O)C2CCN(CC(=O)c3cn(CCC#N)c4ccccc34)CC2)CC(C)O1. The van der Waals surface area contributed by atoms with E-state index in [1.807, 2.05) is 53.8 Å². The highest BCUT2D eigenvalue weighted by Crippen LogP contribution is 2.25. The van der Waals surface area contributed by atoms with Crippen molar-refractivity contribution in [1.82, 2.24) is 14.4 Å². The van der Waals surface area contributed by atoms with Crippen LogP contribution >= 0.6 is 0 Å². The van der Waals surface area contributed by atoms with Gasteiger partial charge in [0.1, 0.15) is 0 Å². The molecule has 2 aliphatic rings. The Labute approximate surface area is 189 Å². The summed E-state index contributed by atoms with van der Waals surface area (Å²) in [7, 11) is 0. The Hall–Kier alpha value is -2.69. The second-order valence-corrected chi connectivity index (χ2v) is 9.14. The van der Waals surface area contributed by atoms with E-state index in [1.54, 1.807) is 0 Å². The van der Waals surface area contributed by atoms with Gasteiger partial charge in [-0.25, -0.2) is 0 Å². The van der Waals surface area contributed by atoms with Crippen molar-refractivity contribution in [2.75, 3.05) is 32.7 Å². The third kappa shape index (κ3) is 4.87. The molecule has 3 heterocycles. The van der Waals surface area contributed by atoms with Gasteiger partial charge in [0.25, 0.3) is 0 Å². The van der Waals surface area contributed by atoms with Crippen molar-refractivity contribution < 1.29 is 14.3 Å². The molecule has 7 heteroatoms. The van der Waals surface area contributed by atoms with Crippen LogP contribution in [0.25, 0.3) is 10.9 Å². The van der Waals surface area contributed by atoms with Crippen LogP contribution in [0.3, 0.4) is 0 Å². The summed E-state index contributed by atoms with van der Waals surface area (Å²) >= 11 is 0. The number of aryl methyl sites for hydroxylation is 1. The number of piperidine rings is 1. The molecule has 1 amide bonds. The fourth-order valence-corrected chi connectivity index (χ4v) is 5.07. The van der Waals surface area contributed by atoms with E-state index in [9.17, 15) is 9.59 Å². The molecule has 0 radical (unpaired) electrons. The third-order valence-electron chi connectivity index (χ3n) is 6.59. The minimum atomic E-state index is 0.0340. The van der Waals surface area contributed by atoms with Crippen LogP contribution in [0.5, 0.6) is 0 Å².